The van der Waals surface area contributed by atoms with Gasteiger partial charge in [0.15, 0.2) is 0 Å². The van der Waals surface area contributed by atoms with E-state index in [0.29, 0.717) is 6.54 Å². The van der Waals surface area contributed by atoms with Crippen LogP contribution in [-0.2, 0) is 11.3 Å². The van der Waals surface area contributed by atoms with Crippen molar-refractivity contribution < 1.29 is 4.79 Å². The van der Waals surface area contributed by atoms with E-state index in [0.717, 1.165) is 15.6 Å². The van der Waals surface area contributed by atoms with E-state index in [4.69, 9.17) is 11.6 Å². The van der Waals surface area contributed by atoms with Gasteiger partial charge < -0.3 is 5.32 Å². The highest BCUT2D eigenvalue weighted by Gasteiger charge is 2.03. The van der Waals surface area contributed by atoms with Crippen LogP contribution >= 0.6 is 27.5 Å². The van der Waals surface area contributed by atoms with Gasteiger partial charge in [0, 0.05) is 11.0 Å². The molecule has 1 N–H and O–H groups in total. The third kappa shape index (κ3) is 3.00. The fourth-order valence-corrected chi connectivity index (χ4v) is 1.58. The Labute approximate surface area is 96.8 Å². The minimum atomic E-state index is -0.153. The average molecular weight is 277 g/mol. The van der Waals surface area contributed by atoms with Crippen LogP contribution in [0.15, 0.2) is 22.7 Å². The van der Waals surface area contributed by atoms with E-state index in [2.05, 4.69) is 21.2 Å². The number of hydrogen-bond donors (Lipinski definition) is 1. The Bertz CT molecular complexity index is 341. The van der Waals surface area contributed by atoms with E-state index in [-0.39, 0.29) is 11.8 Å². The van der Waals surface area contributed by atoms with Gasteiger partial charge in [-0.05, 0) is 18.1 Å². The Morgan fingerprint density at radius 2 is 2.29 bits per heavy atom. The summed E-state index contributed by atoms with van der Waals surface area (Å²) in [7, 11) is 0. The lowest BCUT2D eigenvalue weighted by atomic mass is 10.1. The first-order valence-corrected chi connectivity index (χ1v) is 5.54. The van der Waals surface area contributed by atoms with Crippen LogP contribution in [-0.4, -0.2) is 11.8 Å². The van der Waals surface area contributed by atoms with Crippen molar-refractivity contribution in [2.75, 3.05) is 5.88 Å². The molecule has 0 aliphatic heterocycles. The van der Waals surface area contributed by atoms with Crippen molar-refractivity contribution in [3.8, 4) is 0 Å². The normalized spacial score (nSPS) is 9.93. The van der Waals surface area contributed by atoms with Gasteiger partial charge in [0.25, 0.3) is 0 Å². The summed E-state index contributed by atoms with van der Waals surface area (Å²) in [5.74, 6) is -0.149. The summed E-state index contributed by atoms with van der Waals surface area (Å²) in [5.41, 5.74) is 2.21. The lowest BCUT2D eigenvalue weighted by Crippen LogP contribution is -2.23. The molecule has 0 aliphatic rings. The largest absolute Gasteiger partial charge is 0.351 e. The van der Waals surface area contributed by atoms with Gasteiger partial charge in [0.2, 0.25) is 5.91 Å². The smallest absolute Gasteiger partial charge is 0.235 e. The second-order valence-corrected chi connectivity index (χ2v) is 4.02. The van der Waals surface area contributed by atoms with Gasteiger partial charge in [0.05, 0.1) is 0 Å². The summed E-state index contributed by atoms with van der Waals surface area (Å²) in [6.07, 6.45) is 0. The maximum Gasteiger partial charge on any atom is 0.235 e. The number of amides is 1. The molecule has 0 atom stereocenters. The van der Waals surface area contributed by atoms with E-state index in [9.17, 15) is 4.79 Å². The molecule has 0 radical (unpaired) electrons. The molecule has 0 saturated heterocycles. The van der Waals surface area contributed by atoms with Crippen molar-refractivity contribution in [2.45, 2.75) is 13.5 Å². The fraction of sp³-hybridized carbons (Fsp3) is 0.300. The third-order valence-corrected chi connectivity index (χ3v) is 3.25. The Morgan fingerprint density at radius 1 is 1.57 bits per heavy atom. The molecule has 1 rings (SSSR count). The molecule has 0 unspecified atom stereocenters. The predicted molar refractivity (Wildman–Crippen MR) is 61.4 cm³/mol. The fourth-order valence-electron chi connectivity index (χ4n) is 1.09. The maximum atomic E-state index is 10.9. The zero-order chi connectivity index (χ0) is 10.6. The molecule has 0 spiro atoms. The molecule has 0 aliphatic carbocycles. The Balaban J connectivity index is 2.68. The molecule has 0 saturated carbocycles. The van der Waals surface area contributed by atoms with Crippen LogP contribution in [0.5, 0.6) is 0 Å². The Kier molecular flexibility index (Phi) is 4.42. The second-order valence-electron chi connectivity index (χ2n) is 2.96. The van der Waals surface area contributed by atoms with Crippen molar-refractivity contribution in [1.29, 1.82) is 0 Å². The quantitative estimate of drug-likeness (QED) is 0.845. The molecule has 0 fully saturated rings. The first kappa shape index (κ1) is 11.5. The lowest BCUT2D eigenvalue weighted by Gasteiger charge is -2.07. The van der Waals surface area contributed by atoms with Gasteiger partial charge in [-0.3, -0.25) is 4.79 Å². The van der Waals surface area contributed by atoms with Crippen LogP contribution in [0.3, 0.4) is 0 Å². The molecule has 76 valence electrons. The van der Waals surface area contributed by atoms with Gasteiger partial charge >= 0.3 is 0 Å². The number of hydrogen-bond acceptors (Lipinski definition) is 1. The minimum Gasteiger partial charge on any atom is -0.351 e. The molecule has 14 heavy (non-hydrogen) atoms. The van der Waals surface area contributed by atoms with Crippen molar-refractivity contribution in [3.63, 3.8) is 0 Å². The van der Waals surface area contributed by atoms with Crippen molar-refractivity contribution in [2.24, 2.45) is 0 Å². The monoisotopic (exact) mass is 275 g/mol. The Morgan fingerprint density at radius 3 is 2.93 bits per heavy atom. The van der Waals surface area contributed by atoms with E-state index in [1.165, 1.54) is 0 Å². The number of alkyl halides is 1. The van der Waals surface area contributed by atoms with Gasteiger partial charge in [-0.15, -0.1) is 11.6 Å². The van der Waals surface area contributed by atoms with Crippen LogP contribution < -0.4 is 5.32 Å². The molecular formula is C10H11BrClNO. The number of aryl methyl sites for hydroxylation is 1. The molecule has 0 aromatic heterocycles. The van der Waals surface area contributed by atoms with Crippen LogP contribution in [0.1, 0.15) is 11.1 Å². The zero-order valence-electron chi connectivity index (χ0n) is 7.81. The van der Waals surface area contributed by atoms with E-state index >= 15 is 0 Å². The highest BCUT2D eigenvalue weighted by molar-refractivity contribution is 9.10. The number of carbonyl (C=O) groups excluding carboxylic acids is 1. The number of nitrogens with one attached hydrogen (secondary N) is 1. The van der Waals surface area contributed by atoms with Crippen molar-refractivity contribution in [1.82, 2.24) is 5.32 Å². The topological polar surface area (TPSA) is 29.1 Å². The van der Waals surface area contributed by atoms with E-state index in [1.807, 2.05) is 25.1 Å². The summed E-state index contributed by atoms with van der Waals surface area (Å²) >= 11 is 8.83. The highest BCUT2D eigenvalue weighted by atomic mass is 79.9. The van der Waals surface area contributed by atoms with Crippen LogP contribution in [0.2, 0.25) is 0 Å². The van der Waals surface area contributed by atoms with Crippen molar-refractivity contribution in [3.05, 3.63) is 33.8 Å². The number of halogens is 2. The molecular weight excluding hydrogens is 265 g/mol. The molecule has 1 aromatic rings. The van der Waals surface area contributed by atoms with Gasteiger partial charge in [-0.25, -0.2) is 0 Å². The third-order valence-electron chi connectivity index (χ3n) is 1.87. The van der Waals surface area contributed by atoms with Crippen molar-refractivity contribution >= 4 is 33.4 Å². The first-order chi connectivity index (χ1) is 6.65. The Hall–Kier alpha value is -0.540. The molecule has 2 nitrogen and oxygen atoms in total. The molecule has 0 heterocycles. The van der Waals surface area contributed by atoms with Gasteiger partial charge in [-0.1, -0.05) is 34.1 Å². The summed E-state index contributed by atoms with van der Waals surface area (Å²) in [4.78, 5) is 10.9. The van der Waals surface area contributed by atoms with E-state index < -0.39 is 0 Å². The van der Waals surface area contributed by atoms with Gasteiger partial charge in [-0.2, -0.15) is 0 Å². The highest BCUT2D eigenvalue weighted by Crippen LogP contribution is 2.20. The first-order valence-electron chi connectivity index (χ1n) is 4.22. The van der Waals surface area contributed by atoms with E-state index in [1.54, 1.807) is 0 Å². The molecule has 0 bridgehead atoms. The standard InChI is InChI=1S/C10H11BrClNO/c1-7-3-2-4-8(10(7)11)6-13-9(14)5-12/h2-4H,5-6H2,1H3,(H,13,14). The number of benzene rings is 1. The lowest BCUT2D eigenvalue weighted by molar-refractivity contribution is -0.118. The summed E-state index contributed by atoms with van der Waals surface area (Å²) in [5, 5.41) is 2.72. The number of rotatable bonds is 3. The molecule has 1 amide bonds. The maximum absolute atomic E-state index is 10.9. The number of carbonyl (C=O) groups is 1. The molecule has 1 aromatic carbocycles. The van der Waals surface area contributed by atoms with Crippen LogP contribution in [0, 0.1) is 6.92 Å². The summed E-state index contributed by atoms with van der Waals surface area (Å²) in [6.45, 7) is 2.52. The predicted octanol–water partition coefficient (Wildman–Crippen LogP) is 2.61. The SMILES string of the molecule is Cc1cccc(CNC(=O)CCl)c1Br. The van der Waals surface area contributed by atoms with Gasteiger partial charge in [0.1, 0.15) is 5.88 Å². The zero-order valence-corrected chi connectivity index (χ0v) is 10.2. The van der Waals surface area contributed by atoms with Crippen LogP contribution in [0.25, 0.3) is 0 Å². The summed E-state index contributed by atoms with van der Waals surface area (Å²) < 4.78 is 1.04. The molecule has 4 heteroatoms. The summed E-state index contributed by atoms with van der Waals surface area (Å²) in [6, 6.07) is 5.94. The second kappa shape index (κ2) is 5.37. The minimum absolute atomic E-state index is 0.00341. The van der Waals surface area contributed by atoms with Crippen LogP contribution in [0.4, 0.5) is 0 Å². The average Bonchev–Trinajstić information content (AvgIpc) is 2.20.